The fraction of sp³-hybridized carbons (Fsp3) is 0.188. The van der Waals surface area contributed by atoms with Gasteiger partial charge in [-0.05, 0) is 30.7 Å². The number of carbonyl (C=O) groups excluding carboxylic acids is 1. The second kappa shape index (κ2) is 6.10. The second-order valence-corrected chi connectivity index (χ2v) is 4.72. The van der Waals surface area contributed by atoms with Crippen LogP contribution in [0.1, 0.15) is 21.5 Å². The van der Waals surface area contributed by atoms with Crippen LogP contribution in [0.2, 0.25) is 0 Å². The van der Waals surface area contributed by atoms with Crippen molar-refractivity contribution in [1.82, 2.24) is 5.32 Å². The molecule has 0 unspecified atom stereocenters. The summed E-state index contributed by atoms with van der Waals surface area (Å²) in [5.74, 6) is -0.122. The van der Waals surface area contributed by atoms with Crippen molar-refractivity contribution in [1.29, 1.82) is 0 Å². The van der Waals surface area contributed by atoms with Crippen LogP contribution in [-0.2, 0) is 6.54 Å². The lowest BCUT2D eigenvalue weighted by atomic mass is 10.1. The first-order valence-electron chi connectivity index (χ1n) is 6.51. The average molecular weight is 269 g/mol. The normalized spacial score (nSPS) is 10.1. The number of aryl methyl sites for hydroxylation is 1. The molecule has 2 rings (SSSR count). The summed E-state index contributed by atoms with van der Waals surface area (Å²) in [5, 5.41) is 5.86. The molecule has 0 saturated carbocycles. The molecular formula is C16H19N3O. The topological polar surface area (TPSA) is 67.2 Å². The monoisotopic (exact) mass is 269 g/mol. The van der Waals surface area contributed by atoms with Gasteiger partial charge in [0.25, 0.3) is 5.91 Å². The fourth-order valence-electron chi connectivity index (χ4n) is 1.90. The molecule has 4 N–H and O–H groups in total. The number of nitrogen functional groups attached to an aromatic ring is 1. The van der Waals surface area contributed by atoms with Gasteiger partial charge in [-0.15, -0.1) is 0 Å². The van der Waals surface area contributed by atoms with Gasteiger partial charge in [0.05, 0.1) is 11.4 Å². The van der Waals surface area contributed by atoms with E-state index in [1.54, 1.807) is 25.2 Å². The highest BCUT2D eigenvalue weighted by atomic mass is 16.1. The Morgan fingerprint density at radius 2 is 1.85 bits per heavy atom. The number of anilines is 2. The number of hydrogen-bond donors (Lipinski definition) is 3. The van der Waals surface area contributed by atoms with Crippen molar-refractivity contribution in [3.05, 3.63) is 59.2 Å². The molecule has 0 aliphatic carbocycles. The molecule has 0 aliphatic rings. The van der Waals surface area contributed by atoms with Gasteiger partial charge in [-0.25, -0.2) is 0 Å². The van der Waals surface area contributed by atoms with Gasteiger partial charge in [0.2, 0.25) is 0 Å². The maximum Gasteiger partial charge on any atom is 0.251 e. The van der Waals surface area contributed by atoms with Crippen molar-refractivity contribution < 1.29 is 4.79 Å². The predicted octanol–water partition coefficient (Wildman–Crippen LogP) is 2.55. The second-order valence-electron chi connectivity index (χ2n) is 4.72. The van der Waals surface area contributed by atoms with Crippen LogP contribution >= 0.6 is 0 Å². The lowest BCUT2D eigenvalue weighted by molar-refractivity contribution is 0.0963. The van der Waals surface area contributed by atoms with E-state index in [9.17, 15) is 4.79 Å². The van der Waals surface area contributed by atoms with Crippen LogP contribution in [-0.4, -0.2) is 13.0 Å². The summed E-state index contributed by atoms with van der Waals surface area (Å²) in [6, 6.07) is 13.5. The number of hydrogen-bond acceptors (Lipinski definition) is 3. The lowest BCUT2D eigenvalue weighted by Gasteiger charge is -2.11. The van der Waals surface area contributed by atoms with Gasteiger partial charge in [0, 0.05) is 19.2 Å². The molecule has 0 radical (unpaired) electrons. The summed E-state index contributed by atoms with van der Waals surface area (Å²) in [6.07, 6.45) is 0. The predicted molar refractivity (Wildman–Crippen MR) is 82.8 cm³/mol. The Hall–Kier alpha value is -2.49. The molecule has 0 aliphatic heterocycles. The summed E-state index contributed by atoms with van der Waals surface area (Å²) >= 11 is 0. The average Bonchev–Trinajstić information content (AvgIpc) is 2.47. The molecule has 2 aromatic carbocycles. The highest BCUT2D eigenvalue weighted by Crippen LogP contribution is 2.21. The summed E-state index contributed by atoms with van der Waals surface area (Å²) in [6.45, 7) is 2.73. The van der Waals surface area contributed by atoms with E-state index in [1.807, 2.05) is 0 Å². The number of benzene rings is 2. The first-order chi connectivity index (χ1) is 9.60. The van der Waals surface area contributed by atoms with Crippen molar-refractivity contribution in [3.8, 4) is 0 Å². The Bertz CT molecular complexity index is 606. The van der Waals surface area contributed by atoms with Crippen molar-refractivity contribution in [3.63, 3.8) is 0 Å². The van der Waals surface area contributed by atoms with Gasteiger partial charge in [-0.3, -0.25) is 4.79 Å². The van der Waals surface area contributed by atoms with Crippen LogP contribution in [0, 0.1) is 6.92 Å². The van der Waals surface area contributed by atoms with E-state index in [0.717, 1.165) is 5.69 Å². The molecule has 0 spiro atoms. The Kier molecular flexibility index (Phi) is 4.25. The summed E-state index contributed by atoms with van der Waals surface area (Å²) < 4.78 is 0. The number of nitrogens with two attached hydrogens (primary N) is 1. The van der Waals surface area contributed by atoms with Gasteiger partial charge in [-0.1, -0.05) is 29.8 Å². The van der Waals surface area contributed by atoms with Gasteiger partial charge in [0.1, 0.15) is 0 Å². The SMILES string of the molecule is CNC(=O)c1ccc(N)c(NCc2ccc(C)cc2)c1. The molecule has 0 aromatic heterocycles. The van der Waals surface area contributed by atoms with Gasteiger partial charge in [0.15, 0.2) is 0 Å². The summed E-state index contributed by atoms with van der Waals surface area (Å²) in [4.78, 5) is 11.6. The molecule has 0 atom stereocenters. The van der Waals surface area contributed by atoms with Crippen LogP contribution in [0.25, 0.3) is 0 Å². The van der Waals surface area contributed by atoms with Crippen LogP contribution < -0.4 is 16.4 Å². The van der Waals surface area contributed by atoms with Crippen molar-refractivity contribution >= 4 is 17.3 Å². The highest BCUT2D eigenvalue weighted by Gasteiger charge is 2.06. The third kappa shape index (κ3) is 3.29. The van der Waals surface area contributed by atoms with E-state index in [-0.39, 0.29) is 5.91 Å². The largest absolute Gasteiger partial charge is 0.397 e. The molecule has 0 fully saturated rings. The fourth-order valence-corrected chi connectivity index (χ4v) is 1.90. The van der Waals surface area contributed by atoms with Crippen LogP contribution in [0.5, 0.6) is 0 Å². The third-order valence-electron chi connectivity index (χ3n) is 3.15. The molecule has 0 bridgehead atoms. The first kappa shape index (κ1) is 13.9. The smallest absolute Gasteiger partial charge is 0.251 e. The van der Waals surface area contributed by atoms with E-state index in [4.69, 9.17) is 5.73 Å². The van der Waals surface area contributed by atoms with Crippen LogP contribution in [0.3, 0.4) is 0 Å². The molecule has 4 nitrogen and oxygen atoms in total. The maximum atomic E-state index is 11.6. The Labute approximate surface area is 119 Å². The zero-order chi connectivity index (χ0) is 14.5. The van der Waals surface area contributed by atoms with Crippen LogP contribution in [0.15, 0.2) is 42.5 Å². The molecule has 2 aromatic rings. The van der Waals surface area contributed by atoms with Gasteiger partial charge >= 0.3 is 0 Å². The van der Waals surface area contributed by atoms with Crippen LogP contribution in [0.4, 0.5) is 11.4 Å². The number of amides is 1. The van der Waals surface area contributed by atoms with E-state index >= 15 is 0 Å². The highest BCUT2D eigenvalue weighted by molar-refractivity contribution is 5.96. The minimum absolute atomic E-state index is 0.122. The Morgan fingerprint density at radius 1 is 1.15 bits per heavy atom. The Balaban J connectivity index is 2.12. The molecule has 104 valence electrons. The first-order valence-corrected chi connectivity index (χ1v) is 6.51. The van der Waals surface area contributed by atoms with Crippen molar-refractivity contribution in [2.75, 3.05) is 18.1 Å². The quantitative estimate of drug-likeness (QED) is 0.747. The summed E-state index contributed by atoms with van der Waals surface area (Å²) in [5.41, 5.74) is 10.3. The molecule has 20 heavy (non-hydrogen) atoms. The maximum absolute atomic E-state index is 11.6. The number of nitrogens with one attached hydrogen (secondary N) is 2. The molecule has 0 saturated heterocycles. The van der Waals surface area contributed by atoms with E-state index < -0.39 is 0 Å². The molecule has 4 heteroatoms. The van der Waals surface area contributed by atoms with Gasteiger partial charge < -0.3 is 16.4 Å². The van der Waals surface area contributed by atoms with Crippen molar-refractivity contribution in [2.45, 2.75) is 13.5 Å². The lowest BCUT2D eigenvalue weighted by Crippen LogP contribution is -2.18. The van der Waals surface area contributed by atoms with E-state index in [1.165, 1.54) is 11.1 Å². The van der Waals surface area contributed by atoms with E-state index in [2.05, 4.69) is 41.8 Å². The summed E-state index contributed by atoms with van der Waals surface area (Å²) in [7, 11) is 1.61. The van der Waals surface area contributed by atoms with Gasteiger partial charge in [-0.2, -0.15) is 0 Å². The molecule has 0 heterocycles. The minimum atomic E-state index is -0.122. The standard InChI is InChI=1S/C16H19N3O/c1-11-3-5-12(6-4-11)10-19-15-9-13(16(20)18-2)7-8-14(15)17/h3-9,19H,10,17H2,1-2H3,(H,18,20). The Morgan fingerprint density at radius 3 is 2.50 bits per heavy atom. The number of carbonyl (C=O) groups is 1. The molecular weight excluding hydrogens is 250 g/mol. The minimum Gasteiger partial charge on any atom is -0.397 e. The van der Waals surface area contributed by atoms with E-state index in [0.29, 0.717) is 17.8 Å². The zero-order valence-corrected chi connectivity index (χ0v) is 11.7. The molecule has 1 amide bonds. The number of rotatable bonds is 4. The van der Waals surface area contributed by atoms with Crippen molar-refractivity contribution in [2.24, 2.45) is 0 Å². The third-order valence-corrected chi connectivity index (χ3v) is 3.15. The zero-order valence-electron chi connectivity index (χ0n) is 11.7.